The third-order valence-electron chi connectivity index (χ3n) is 4.11. The van der Waals surface area contributed by atoms with Crippen LogP contribution in [0.5, 0.6) is 0 Å². The Morgan fingerprint density at radius 2 is 2.12 bits per heavy atom. The fourth-order valence-electron chi connectivity index (χ4n) is 3.17. The fourth-order valence-corrected chi connectivity index (χ4v) is 3.17. The van der Waals surface area contributed by atoms with Crippen LogP contribution in [0.25, 0.3) is 0 Å². The highest BCUT2D eigenvalue weighted by Crippen LogP contribution is 2.29. The van der Waals surface area contributed by atoms with Crippen molar-refractivity contribution >= 4 is 11.4 Å². The molecule has 3 rings (SSSR count). The maximum Gasteiger partial charge on any atom is 0.0601 e. The molecule has 1 unspecified atom stereocenters. The van der Waals surface area contributed by atoms with Crippen molar-refractivity contribution in [3.05, 3.63) is 23.8 Å². The standard InChI is InChI=1S/C14H21N3/c1-11-4-5-14(13(15)9-11)17-8-7-16-6-2-3-12(16)10-17/h4-5,9,12H,2-3,6-8,10,15H2,1H3. The topological polar surface area (TPSA) is 32.5 Å². The second-order valence-corrected chi connectivity index (χ2v) is 5.34. The molecule has 0 bridgehead atoms. The smallest absolute Gasteiger partial charge is 0.0601 e. The summed E-state index contributed by atoms with van der Waals surface area (Å²) in [5, 5.41) is 0. The van der Waals surface area contributed by atoms with E-state index in [1.54, 1.807) is 0 Å². The van der Waals surface area contributed by atoms with Gasteiger partial charge >= 0.3 is 0 Å². The van der Waals surface area contributed by atoms with E-state index >= 15 is 0 Å². The van der Waals surface area contributed by atoms with Crippen molar-refractivity contribution in [2.45, 2.75) is 25.8 Å². The quantitative estimate of drug-likeness (QED) is 0.749. The summed E-state index contributed by atoms with van der Waals surface area (Å²) in [4.78, 5) is 5.09. The van der Waals surface area contributed by atoms with Gasteiger partial charge in [-0.1, -0.05) is 6.07 Å². The molecule has 1 aromatic rings. The number of hydrogen-bond acceptors (Lipinski definition) is 3. The van der Waals surface area contributed by atoms with Crippen LogP contribution in [0.4, 0.5) is 11.4 Å². The molecular weight excluding hydrogens is 210 g/mol. The molecule has 1 aromatic carbocycles. The van der Waals surface area contributed by atoms with Gasteiger partial charge in [0.05, 0.1) is 11.4 Å². The molecular formula is C14H21N3. The maximum atomic E-state index is 6.13. The lowest BCUT2D eigenvalue weighted by Gasteiger charge is -2.39. The van der Waals surface area contributed by atoms with Crippen LogP contribution in [0.2, 0.25) is 0 Å². The third-order valence-corrected chi connectivity index (χ3v) is 4.11. The first-order valence-corrected chi connectivity index (χ1v) is 6.59. The number of hydrogen-bond donors (Lipinski definition) is 1. The first-order chi connectivity index (χ1) is 8.24. The van der Waals surface area contributed by atoms with Gasteiger partial charge in [-0.25, -0.2) is 0 Å². The molecule has 0 aromatic heterocycles. The van der Waals surface area contributed by atoms with E-state index in [0.717, 1.165) is 24.8 Å². The van der Waals surface area contributed by atoms with Crippen molar-refractivity contribution in [3.63, 3.8) is 0 Å². The number of fused-ring (bicyclic) bond motifs is 1. The van der Waals surface area contributed by atoms with Crippen LogP contribution >= 0.6 is 0 Å². The second kappa shape index (κ2) is 4.22. The molecule has 2 heterocycles. The van der Waals surface area contributed by atoms with E-state index in [1.165, 1.54) is 37.2 Å². The van der Waals surface area contributed by atoms with Crippen molar-refractivity contribution in [3.8, 4) is 0 Å². The van der Waals surface area contributed by atoms with E-state index in [1.807, 2.05) is 0 Å². The molecule has 92 valence electrons. The highest BCUT2D eigenvalue weighted by Gasteiger charge is 2.30. The van der Waals surface area contributed by atoms with E-state index in [9.17, 15) is 0 Å². The molecule has 0 radical (unpaired) electrons. The van der Waals surface area contributed by atoms with Gasteiger partial charge in [-0.05, 0) is 44.0 Å². The molecule has 0 amide bonds. The van der Waals surface area contributed by atoms with Crippen molar-refractivity contribution in [1.82, 2.24) is 4.90 Å². The molecule has 2 aliphatic heterocycles. The zero-order valence-electron chi connectivity index (χ0n) is 10.5. The number of piperazine rings is 1. The number of rotatable bonds is 1. The Morgan fingerprint density at radius 3 is 2.94 bits per heavy atom. The van der Waals surface area contributed by atoms with Gasteiger partial charge in [-0.3, -0.25) is 4.90 Å². The first kappa shape index (κ1) is 10.9. The highest BCUT2D eigenvalue weighted by atomic mass is 15.3. The molecule has 0 aliphatic carbocycles. The lowest BCUT2D eigenvalue weighted by Crippen LogP contribution is -2.50. The van der Waals surface area contributed by atoms with Crippen molar-refractivity contribution in [1.29, 1.82) is 0 Å². The molecule has 3 heteroatoms. The number of nitrogens with zero attached hydrogens (tertiary/aromatic N) is 2. The van der Waals surface area contributed by atoms with Gasteiger partial charge in [0.15, 0.2) is 0 Å². The Hall–Kier alpha value is -1.22. The summed E-state index contributed by atoms with van der Waals surface area (Å²) in [6.07, 6.45) is 2.71. The molecule has 2 saturated heterocycles. The Balaban J connectivity index is 1.80. The van der Waals surface area contributed by atoms with Gasteiger partial charge in [0, 0.05) is 25.7 Å². The SMILES string of the molecule is Cc1ccc(N2CCN3CCCC3C2)c(N)c1. The van der Waals surface area contributed by atoms with E-state index < -0.39 is 0 Å². The summed E-state index contributed by atoms with van der Waals surface area (Å²) in [5.74, 6) is 0. The van der Waals surface area contributed by atoms with Crippen molar-refractivity contribution in [2.24, 2.45) is 0 Å². The lowest BCUT2D eigenvalue weighted by molar-refractivity contribution is 0.231. The van der Waals surface area contributed by atoms with Crippen LogP contribution < -0.4 is 10.6 Å². The molecule has 1 atom stereocenters. The first-order valence-electron chi connectivity index (χ1n) is 6.59. The van der Waals surface area contributed by atoms with E-state index in [0.29, 0.717) is 0 Å². The van der Waals surface area contributed by atoms with Crippen LogP contribution in [-0.2, 0) is 0 Å². The zero-order valence-corrected chi connectivity index (χ0v) is 10.5. The largest absolute Gasteiger partial charge is 0.397 e. The zero-order chi connectivity index (χ0) is 11.8. The van der Waals surface area contributed by atoms with E-state index in [-0.39, 0.29) is 0 Å². The molecule has 2 N–H and O–H groups in total. The van der Waals surface area contributed by atoms with Gasteiger partial charge in [0.25, 0.3) is 0 Å². The number of aryl methyl sites for hydroxylation is 1. The van der Waals surface area contributed by atoms with Gasteiger partial charge in [-0.2, -0.15) is 0 Å². The van der Waals surface area contributed by atoms with Crippen LogP contribution in [0.1, 0.15) is 18.4 Å². The average molecular weight is 231 g/mol. The molecule has 2 aliphatic rings. The fraction of sp³-hybridized carbons (Fsp3) is 0.571. The summed E-state index contributed by atoms with van der Waals surface area (Å²) >= 11 is 0. The molecule has 0 spiro atoms. The van der Waals surface area contributed by atoms with Crippen LogP contribution in [0.3, 0.4) is 0 Å². The summed E-state index contributed by atoms with van der Waals surface area (Å²) in [7, 11) is 0. The monoisotopic (exact) mass is 231 g/mol. The third kappa shape index (κ3) is 2.00. The van der Waals surface area contributed by atoms with Gasteiger partial charge in [-0.15, -0.1) is 0 Å². The number of nitrogens with two attached hydrogens (primary N) is 1. The van der Waals surface area contributed by atoms with E-state index in [4.69, 9.17) is 5.73 Å². The van der Waals surface area contributed by atoms with Gasteiger partial charge in [0.1, 0.15) is 0 Å². The van der Waals surface area contributed by atoms with E-state index in [2.05, 4.69) is 34.9 Å². The summed E-state index contributed by atoms with van der Waals surface area (Å²) < 4.78 is 0. The highest BCUT2D eigenvalue weighted by molar-refractivity contribution is 5.68. The minimum atomic E-state index is 0.754. The normalized spacial score (nSPS) is 25.0. The van der Waals surface area contributed by atoms with Gasteiger partial charge in [0.2, 0.25) is 0 Å². The minimum absolute atomic E-state index is 0.754. The second-order valence-electron chi connectivity index (χ2n) is 5.34. The summed E-state index contributed by atoms with van der Waals surface area (Å²) in [5.41, 5.74) is 9.53. The lowest BCUT2D eigenvalue weighted by atomic mass is 10.1. The summed E-state index contributed by atoms with van der Waals surface area (Å²) in [6, 6.07) is 7.17. The molecule has 2 fully saturated rings. The Labute approximate surface area is 103 Å². The Morgan fingerprint density at radius 1 is 1.24 bits per heavy atom. The van der Waals surface area contributed by atoms with Gasteiger partial charge < -0.3 is 10.6 Å². The molecule has 17 heavy (non-hydrogen) atoms. The predicted molar refractivity (Wildman–Crippen MR) is 72.4 cm³/mol. The predicted octanol–water partition coefficient (Wildman–Crippen LogP) is 1.86. The minimum Gasteiger partial charge on any atom is -0.397 e. The number of benzene rings is 1. The average Bonchev–Trinajstić information content (AvgIpc) is 2.75. The maximum absolute atomic E-state index is 6.13. The molecule has 0 saturated carbocycles. The molecule has 3 nitrogen and oxygen atoms in total. The summed E-state index contributed by atoms with van der Waals surface area (Å²) in [6.45, 7) is 6.84. The Bertz CT molecular complexity index is 416. The van der Waals surface area contributed by atoms with Crippen LogP contribution in [-0.4, -0.2) is 37.1 Å². The van der Waals surface area contributed by atoms with Crippen LogP contribution in [0, 0.1) is 6.92 Å². The Kier molecular flexibility index (Phi) is 2.71. The van der Waals surface area contributed by atoms with Crippen LogP contribution in [0.15, 0.2) is 18.2 Å². The number of anilines is 2. The van der Waals surface area contributed by atoms with Crippen molar-refractivity contribution < 1.29 is 0 Å². The number of nitrogen functional groups attached to an aromatic ring is 1. The van der Waals surface area contributed by atoms with Crippen molar-refractivity contribution in [2.75, 3.05) is 36.8 Å².